The Kier molecular flexibility index (Phi) is 8.05. The van der Waals surface area contributed by atoms with Crippen LogP contribution in [0, 0.1) is 6.92 Å². The smallest absolute Gasteiger partial charge is 0.253 e. The fourth-order valence-corrected chi connectivity index (χ4v) is 4.29. The molecular formula is C21H20Cl3N5O2S. The number of benzene rings is 2. The lowest BCUT2D eigenvalue weighted by atomic mass is 10.2. The maximum Gasteiger partial charge on any atom is 0.253 e. The third-order valence-corrected chi connectivity index (χ3v) is 6.63. The summed E-state index contributed by atoms with van der Waals surface area (Å²) in [4.78, 5) is 24.9. The van der Waals surface area contributed by atoms with Crippen molar-refractivity contribution in [2.75, 3.05) is 11.1 Å². The average molecular weight is 513 g/mol. The van der Waals surface area contributed by atoms with Crippen LogP contribution < -0.4 is 10.6 Å². The third kappa shape index (κ3) is 5.75. The van der Waals surface area contributed by atoms with Crippen molar-refractivity contribution >= 4 is 64.1 Å². The lowest BCUT2D eigenvalue weighted by Crippen LogP contribution is -2.28. The van der Waals surface area contributed by atoms with E-state index in [1.807, 2.05) is 6.92 Å². The molecule has 0 spiro atoms. The number of hydrogen-bond acceptors (Lipinski definition) is 5. The number of nitrogens with one attached hydrogen (secondary N) is 2. The molecule has 0 aliphatic carbocycles. The number of aromatic nitrogens is 3. The van der Waals surface area contributed by atoms with Crippen molar-refractivity contribution in [3.63, 3.8) is 0 Å². The Labute approximate surface area is 204 Å². The van der Waals surface area contributed by atoms with Gasteiger partial charge in [-0.05, 0) is 49.7 Å². The normalized spacial score (nSPS) is 11.8. The Hall–Kier alpha value is -2.26. The lowest BCUT2D eigenvalue weighted by molar-refractivity contribution is -0.113. The molecule has 1 heterocycles. The standard InChI is InChI=1S/C21H20Cl3N5O2S/c1-11-15(23)5-4-6-17(11)26-18(30)10-32-21-28-27-19(29(21)3)12(2)25-20(31)14-8-7-13(22)9-16(14)24/h4-9,12H,10H2,1-3H3,(H,25,31)(H,26,30)/t12-/m0/s1. The second-order valence-corrected chi connectivity index (χ2v) is 9.16. The van der Waals surface area contributed by atoms with Crippen LogP contribution in [0.15, 0.2) is 41.6 Å². The van der Waals surface area contributed by atoms with Crippen LogP contribution in [0.5, 0.6) is 0 Å². The molecule has 3 rings (SSSR count). The minimum atomic E-state index is -0.441. The molecule has 0 aliphatic heterocycles. The Morgan fingerprint density at radius 1 is 1.12 bits per heavy atom. The Balaban J connectivity index is 1.61. The molecule has 7 nitrogen and oxygen atoms in total. The van der Waals surface area contributed by atoms with Gasteiger partial charge in [-0.15, -0.1) is 10.2 Å². The SMILES string of the molecule is Cc1c(Cl)cccc1NC(=O)CSc1nnc([C@H](C)NC(=O)c2ccc(Cl)cc2Cl)n1C. The van der Waals surface area contributed by atoms with Crippen LogP contribution in [0.25, 0.3) is 0 Å². The van der Waals surface area contributed by atoms with Gasteiger partial charge in [-0.25, -0.2) is 0 Å². The van der Waals surface area contributed by atoms with Gasteiger partial charge in [0.05, 0.1) is 22.4 Å². The topological polar surface area (TPSA) is 88.9 Å². The predicted octanol–water partition coefficient (Wildman–Crippen LogP) is 5.31. The van der Waals surface area contributed by atoms with Gasteiger partial charge in [0.15, 0.2) is 11.0 Å². The van der Waals surface area contributed by atoms with E-state index in [-0.39, 0.29) is 22.6 Å². The molecule has 2 N–H and O–H groups in total. The van der Waals surface area contributed by atoms with Crippen LogP contribution in [0.1, 0.15) is 34.7 Å². The highest BCUT2D eigenvalue weighted by atomic mass is 35.5. The van der Waals surface area contributed by atoms with E-state index in [1.165, 1.54) is 17.8 Å². The zero-order chi connectivity index (χ0) is 23.4. The maximum atomic E-state index is 12.6. The summed E-state index contributed by atoms with van der Waals surface area (Å²) in [6.07, 6.45) is 0. The molecule has 1 aromatic heterocycles. The van der Waals surface area contributed by atoms with Crippen molar-refractivity contribution in [3.8, 4) is 0 Å². The molecule has 3 aromatic rings. The number of carbonyl (C=O) groups is 2. The molecule has 2 aromatic carbocycles. The van der Waals surface area contributed by atoms with E-state index in [1.54, 1.807) is 48.9 Å². The summed E-state index contributed by atoms with van der Waals surface area (Å²) >= 11 is 19.3. The van der Waals surface area contributed by atoms with E-state index in [0.717, 1.165) is 5.56 Å². The summed E-state index contributed by atoms with van der Waals surface area (Å²) in [7, 11) is 1.77. The molecule has 1 atom stereocenters. The molecule has 0 radical (unpaired) electrons. The van der Waals surface area contributed by atoms with E-state index in [4.69, 9.17) is 34.8 Å². The van der Waals surface area contributed by atoms with Crippen molar-refractivity contribution in [2.24, 2.45) is 7.05 Å². The summed E-state index contributed by atoms with van der Waals surface area (Å²) in [5.41, 5.74) is 1.78. The lowest BCUT2D eigenvalue weighted by Gasteiger charge is -2.14. The maximum absolute atomic E-state index is 12.6. The second-order valence-electron chi connectivity index (χ2n) is 6.97. The highest BCUT2D eigenvalue weighted by Gasteiger charge is 2.20. The van der Waals surface area contributed by atoms with E-state index in [9.17, 15) is 9.59 Å². The monoisotopic (exact) mass is 511 g/mol. The van der Waals surface area contributed by atoms with Gasteiger partial charge < -0.3 is 15.2 Å². The molecule has 0 aliphatic rings. The number of thioether (sulfide) groups is 1. The summed E-state index contributed by atoms with van der Waals surface area (Å²) < 4.78 is 1.73. The van der Waals surface area contributed by atoms with Crippen LogP contribution >= 0.6 is 46.6 Å². The highest BCUT2D eigenvalue weighted by Crippen LogP contribution is 2.25. The van der Waals surface area contributed by atoms with E-state index >= 15 is 0 Å². The first-order valence-corrected chi connectivity index (χ1v) is 11.6. The zero-order valence-corrected chi connectivity index (χ0v) is 20.5. The predicted molar refractivity (Wildman–Crippen MR) is 129 cm³/mol. The zero-order valence-electron chi connectivity index (χ0n) is 17.4. The number of carbonyl (C=O) groups excluding carboxylic acids is 2. The first kappa shape index (κ1) is 24.4. The molecule has 32 heavy (non-hydrogen) atoms. The fourth-order valence-electron chi connectivity index (χ4n) is 2.90. The number of amides is 2. The summed E-state index contributed by atoms with van der Waals surface area (Å²) in [5.74, 6) is 0.132. The van der Waals surface area contributed by atoms with Gasteiger partial charge >= 0.3 is 0 Å². The van der Waals surface area contributed by atoms with Crippen molar-refractivity contribution in [2.45, 2.75) is 25.0 Å². The quantitative estimate of drug-likeness (QED) is 0.419. The van der Waals surface area contributed by atoms with Crippen molar-refractivity contribution < 1.29 is 9.59 Å². The molecule has 0 saturated heterocycles. The van der Waals surface area contributed by atoms with Gasteiger partial charge in [0.2, 0.25) is 5.91 Å². The van der Waals surface area contributed by atoms with Gasteiger partial charge in [-0.2, -0.15) is 0 Å². The van der Waals surface area contributed by atoms with Crippen LogP contribution in [0.2, 0.25) is 15.1 Å². The van der Waals surface area contributed by atoms with E-state index in [2.05, 4.69) is 20.8 Å². The van der Waals surface area contributed by atoms with Crippen molar-refractivity contribution in [1.29, 1.82) is 0 Å². The Bertz CT molecular complexity index is 1170. The molecule has 0 unspecified atom stereocenters. The van der Waals surface area contributed by atoms with Gasteiger partial charge in [0, 0.05) is 22.8 Å². The van der Waals surface area contributed by atoms with Crippen LogP contribution in [-0.2, 0) is 11.8 Å². The number of rotatable bonds is 7. The molecule has 168 valence electrons. The summed E-state index contributed by atoms with van der Waals surface area (Å²) in [6.45, 7) is 3.63. The van der Waals surface area contributed by atoms with E-state index < -0.39 is 6.04 Å². The van der Waals surface area contributed by atoms with Crippen LogP contribution in [0.4, 0.5) is 5.69 Å². The third-order valence-electron chi connectivity index (χ3n) is 4.65. The Morgan fingerprint density at radius 3 is 2.59 bits per heavy atom. The van der Waals surface area contributed by atoms with Gasteiger partial charge in [0.25, 0.3) is 5.91 Å². The molecule has 11 heteroatoms. The summed E-state index contributed by atoms with van der Waals surface area (Å²) in [6, 6.07) is 9.56. The van der Waals surface area contributed by atoms with Gasteiger partial charge in [-0.1, -0.05) is 52.6 Å². The number of hydrogen-bond donors (Lipinski definition) is 2. The van der Waals surface area contributed by atoms with E-state index in [0.29, 0.717) is 32.3 Å². The molecule has 0 fully saturated rings. The molecule has 0 bridgehead atoms. The van der Waals surface area contributed by atoms with Crippen molar-refractivity contribution in [3.05, 3.63) is 68.4 Å². The fraction of sp³-hybridized carbons (Fsp3) is 0.238. The number of halogens is 3. The first-order chi connectivity index (χ1) is 15.2. The Morgan fingerprint density at radius 2 is 1.88 bits per heavy atom. The minimum absolute atomic E-state index is 0.138. The molecule has 2 amide bonds. The average Bonchev–Trinajstić information content (AvgIpc) is 3.10. The number of anilines is 1. The second kappa shape index (κ2) is 10.6. The van der Waals surface area contributed by atoms with Gasteiger partial charge in [0.1, 0.15) is 0 Å². The minimum Gasteiger partial charge on any atom is -0.342 e. The number of nitrogens with zero attached hydrogens (tertiary/aromatic N) is 3. The highest BCUT2D eigenvalue weighted by molar-refractivity contribution is 7.99. The largest absolute Gasteiger partial charge is 0.342 e. The van der Waals surface area contributed by atoms with Gasteiger partial charge in [-0.3, -0.25) is 9.59 Å². The summed E-state index contributed by atoms with van der Waals surface area (Å²) in [5, 5.41) is 15.8. The molecule has 0 saturated carbocycles. The van der Waals surface area contributed by atoms with Crippen molar-refractivity contribution in [1.82, 2.24) is 20.1 Å². The van der Waals surface area contributed by atoms with Crippen LogP contribution in [-0.4, -0.2) is 32.3 Å². The first-order valence-electron chi connectivity index (χ1n) is 9.50. The molecular weight excluding hydrogens is 493 g/mol. The van der Waals surface area contributed by atoms with Crippen LogP contribution in [0.3, 0.4) is 0 Å².